The third-order valence-electron chi connectivity index (χ3n) is 2.42. The molecule has 0 aliphatic carbocycles. The Morgan fingerprint density at radius 1 is 1.17 bits per heavy atom. The number of hydrogen-bond donors (Lipinski definition) is 1. The molecule has 3 nitrogen and oxygen atoms in total. The summed E-state index contributed by atoms with van der Waals surface area (Å²) in [4.78, 5) is 10.5. The van der Waals surface area contributed by atoms with Crippen molar-refractivity contribution in [1.82, 2.24) is 4.57 Å². The molecule has 1 aromatic carbocycles. The number of pyridine rings is 1. The molecule has 0 aliphatic heterocycles. The first-order valence-corrected chi connectivity index (χ1v) is 5.77. The molecule has 0 radical (unpaired) electrons. The van der Waals surface area contributed by atoms with Gasteiger partial charge in [-0.25, -0.2) is 4.79 Å². The van der Waals surface area contributed by atoms with Crippen LogP contribution in [0, 0.1) is 4.64 Å². The molecule has 0 amide bonds. The Bertz CT molecular complexity index is 644. The van der Waals surface area contributed by atoms with Gasteiger partial charge in [0.05, 0.1) is 0 Å². The van der Waals surface area contributed by atoms with Gasteiger partial charge in [0.25, 0.3) is 0 Å². The molecule has 1 aromatic heterocycles. The Labute approximate surface area is 110 Å². The molecule has 0 fully saturated rings. The van der Waals surface area contributed by atoms with Gasteiger partial charge in [-0.05, 0) is 24.3 Å². The van der Waals surface area contributed by atoms with Crippen LogP contribution in [-0.2, 0) is 4.79 Å². The Hall–Kier alpha value is -2.20. The molecule has 2 aromatic rings. The van der Waals surface area contributed by atoms with E-state index in [-0.39, 0.29) is 0 Å². The standard InChI is InChI=1S/C14H11NO2S/c16-13(17)9-8-11-5-4-10-15(14(11)18)12-6-2-1-3-7-12/h1-10H,(H,16,17)/b9-8+. The van der Waals surface area contributed by atoms with Gasteiger partial charge >= 0.3 is 5.97 Å². The maximum Gasteiger partial charge on any atom is 0.328 e. The lowest BCUT2D eigenvalue weighted by Crippen LogP contribution is -1.97. The second-order valence-corrected chi connectivity index (χ2v) is 4.03. The Balaban J connectivity index is 2.49. The van der Waals surface area contributed by atoms with E-state index in [9.17, 15) is 4.79 Å². The summed E-state index contributed by atoms with van der Waals surface area (Å²) in [5.74, 6) is -0.987. The first-order valence-electron chi connectivity index (χ1n) is 5.36. The first kappa shape index (κ1) is 12.3. The maximum absolute atomic E-state index is 10.5. The summed E-state index contributed by atoms with van der Waals surface area (Å²) >= 11 is 5.34. The number of aromatic nitrogens is 1. The van der Waals surface area contributed by atoms with Crippen molar-refractivity contribution >= 4 is 24.3 Å². The summed E-state index contributed by atoms with van der Waals surface area (Å²) in [5.41, 5.74) is 1.66. The Kier molecular flexibility index (Phi) is 3.69. The molecule has 4 heteroatoms. The zero-order chi connectivity index (χ0) is 13.0. The molecule has 1 heterocycles. The summed E-state index contributed by atoms with van der Waals surface area (Å²) in [5, 5.41) is 8.62. The summed E-state index contributed by atoms with van der Waals surface area (Å²) < 4.78 is 2.43. The maximum atomic E-state index is 10.5. The zero-order valence-electron chi connectivity index (χ0n) is 9.48. The summed E-state index contributed by atoms with van der Waals surface area (Å²) in [6.45, 7) is 0. The normalized spacial score (nSPS) is 10.7. The van der Waals surface area contributed by atoms with Gasteiger partial charge in [-0.2, -0.15) is 0 Å². The highest BCUT2D eigenvalue weighted by Crippen LogP contribution is 2.12. The molecule has 1 N–H and O–H groups in total. The van der Waals surface area contributed by atoms with Crippen LogP contribution in [0.4, 0.5) is 0 Å². The fourth-order valence-corrected chi connectivity index (χ4v) is 1.89. The van der Waals surface area contributed by atoms with Crippen molar-refractivity contribution < 1.29 is 9.90 Å². The number of carboxylic acids is 1. The molecule has 18 heavy (non-hydrogen) atoms. The highest BCUT2D eigenvalue weighted by Gasteiger charge is 1.99. The number of nitrogens with zero attached hydrogens (tertiary/aromatic N) is 1. The van der Waals surface area contributed by atoms with Crippen LogP contribution < -0.4 is 0 Å². The lowest BCUT2D eigenvalue weighted by molar-refractivity contribution is -0.131. The fourth-order valence-electron chi connectivity index (χ4n) is 1.59. The number of rotatable bonds is 3. The van der Waals surface area contributed by atoms with E-state index in [0.717, 1.165) is 11.8 Å². The highest BCUT2D eigenvalue weighted by molar-refractivity contribution is 7.71. The van der Waals surface area contributed by atoms with Crippen LogP contribution in [0.5, 0.6) is 0 Å². The smallest absolute Gasteiger partial charge is 0.328 e. The van der Waals surface area contributed by atoms with Crippen molar-refractivity contribution in [2.45, 2.75) is 0 Å². The van der Waals surface area contributed by atoms with Crippen LogP contribution in [0.15, 0.2) is 54.7 Å². The summed E-state index contributed by atoms with van der Waals surface area (Å²) in [7, 11) is 0. The van der Waals surface area contributed by atoms with Gasteiger partial charge in [0.15, 0.2) is 0 Å². The van der Waals surface area contributed by atoms with Crippen LogP contribution in [0.25, 0.3) is 11.8 Å². The van der Waals surface area contributed by atoms with E-state index in [4.69, 9.17) is 17.3 Å². The number of carboxylic acid groups (broad SMARTS) is 1. The van der Waals surface area contributed by atoms with E-state index in [1.54, 1.807) is 6.07 Å². The van der Waals surface area contributed by atoms with Crippen molar-refractivity contribution in [3.8, 4) is 5.69 Å². The number of hydrogen-bond acceptors (Lipinski definition) is 2. The van der Waals surface area contributed by atoms with Crippen molar-refractivity contribution in [3.63, 3.8) is 0 Å². The molecule has 0 atom stereocenters. The minimum atomic E-state index is -0.987. The zero-order valence-corrected chi connectivity index (χ0v) is 10.3. The molecular formula is C14H11NO2S. The molecule has 0 unspecified atom stereocenters. The van der Waals surface area contributed by atoms with Gasteiger partial charge in [0, 0.05) is 23.5 Å². The molecule has 0 saturated carbocycles. The monoisotopic (exact) mass is 257 g/mol. The second kappa shape index (κ2) is 5.42. The van der Waals surface area contributed by atoms with Gasteiger partial charge in [0.1, 0.15) is 4.64 Å². The number of para-hydroxylation sites is 1. The van der Waals surface area contributed by atoms with Gasteiger partial charge in [-0.15, -0.1) is 0 Å². The lowest BCUT2D eigenvalue weighted by atomic mass is 10.2. The van der Waals surface area contributed by atoms with Gasteiger partial charge in [0.2, 0.25) is 0 Å². The van der Waals surface area contributed by atoms with E-state index in [2.05, 4.69) is 0 Å². The van der Waals surface area contributed by atoms with E-state index >= 15 is 0 Å². The largest absolute Gasteiger partial charge is 0.478 e. The van der Waals surface area contributed by atoms with Crippen molar-refractivity contribution in [3.05, 3.63) is 64.9 Å². The van der Waals surface area contributed by atoms with Gasteiger partial charge < -0.3 is 9.67 Å². The lowest BCUT2D eigenvalue weighted by Gasteiger charge is -2.07. The van der Waals surface area contributed by atoms with E-state index in [1.165, 1.54) is 6.08 Å². The van der Waals surface area contributed by atoms with Crippen LogP contribution in [0.1, 0.15) is 5.56 Å². The summed E-state index contributed by atoms with van der Waals surface area (Å²) in [6.07, 6.45) is 4.44. The molecule has 0 aliphatic rings. The molecule has 0 bridgehead atoms. The van der Waals surface area contributed by atoms with Crippen LogP contribution in [0.2, 0.25) is 0 Å². The van der Waals surface area contributed by atoms with Crippen LogP contribution >= 0.6 is 12.2 Å². The summed E-state index contributed by atoms with van der Waals surface area (Å²) in [6, 6.07) is 13.3. The Morgan fingerprint density at radius 2 is 1.89 bits per heavy atom. The molecule has 0 saturated heterocycles. The van der Waals surface area contributed by atoms with Crippen molar-refractivity contribution in [2.24, 2.45) is 0 Å². The SMILES string of the molecule is O=C(O)/C=C/c1cccn(-c2ccccc2)c1=S. The third-order valence-corrected chi connectivity index (χ3v) is 2.85. The minimum absolute atomic E-state index is 0.584. The van der Waals surface area contributed by atoms with Gasteiger partial charge in [-0.3, -0.25) is 0 Å². The Morgan fingerprint density at radius 3 is 2.56 bits per heavy atom. The predicted molar refractivity (Wildman–Crippen MR) is 73.3 cm³/mol. The highest BCUT2D eigenvalue weighted by atomic mass is 32.1. The molecule has 2 rings (SSSR count). The second-order valence-electron chi connectivity index (χ2n) is 3.65. The fraction of sp³-hybridized carbons (Fsp3) is 0. The first-order chi connectivity index (χ1) is 8.68. The number of benzene rings is 1. The van der Waals surface area contributed by atoms with Gasteiger partial charge in [-0.1, -0.05) is 36.5 Å². The quantitative estimate of drug-likeness (QED) is 0.677. The molecule has 90 valence electrons. The number of carbonyl (C=O) groups is 1. The molecular weight excluding hydrogens is 246 g/mol. The van der Waals surface area contributed by atoms with E-state index in [1.807, 2.05) is 47.2 Å². The van der Waals surface area contributed by atoms with E-state index in [0.29, 0.717) is 10.2 Å². The third kappa shape index (κ3) is 2.73. The van der Waals surface area contributed by atoms with E-state index < -0.39 is 5.97 Å². The average Bonchev–Trinajstić information content (AvgIpc) is 2.38. The van der Waals surface area contributed by atoms with Crippen molar-refractivity contribution in [1.29, 1.82) is 0 Å². The van der Waals surface area contributed by atoms with Crippen molar-refractivity contribution in [2.75, 3.05) is 0 Å². The van der Waals surface area contributed by atoms with Crippen LogP contribution in [0.3, 0.4) is 0 Å². The van der Waals surface area contributed by atoms with Crippen LogP contribution in [-0.4, -0.2) is 15.6 Å². The molecule has 0 spiro atoms. The average molecular weight is 257 g/mol. The minimum Gasteiger partial charge on any atom is -0.478 e. The predicted octanol–water partition coefficient (Wildman–Crippen LogP) is 3.30. The topological polar surface area (TPSA) is 42.2 Å². The number of aliphatic carboxylic acids is 1.